The molecule has 0 saturated heterocycles. The Hall–Kier alpha value is -3.67. The molecule has 0 aliphatic heterocycles. The summed E-state index contributed by atoms with van der Waals surface area (Å²) in [7, 11) is 0. The highest BCUT2D eigenvalue weighted by Gasteiger charge is 2.19. The Kier molecular flexibility index (Phi) is 5.47. The van der Waals surface area contributed by atoms with E-state index in [1.165, 1.54) is 13.2 Å². The fourth-order valence-corrected chi connectivity index (χ4v) is 2.59. The van der Waals surface area contributed by atoms with E-state index in [9.17, 15) is 14.4 Å². The van der Waals surface area contributed by atoms with Crippen molar-refractivity contribution < 1.29 is 23.5 Å². The van der Waals surface area contributed by atoms with E-state index in [1.54, 1.807) is 30.3 Å². The number of ketones is 1. The molecule has 0 spiro atoms. The number of ether oxygens (including phenoxy) is 1. The molecule has 1 amide bonds. The zero-order valence-corrected chi connectivity index (χ0v) is 14.6. The number of hydrogen-bond donors (Lipinski definition) is 1. The molecular weight excluding hydrogens is 346 g/mol. The molecular formula is C21H17NO5. The average Bonchev–Trinajstić information content (AvgIpc) is 3.17. The number of benzene rings is 2. The van der Waals surface area contributed by atoms with Crippen molar-refractivity contribution in [1.29, 1.82) is 0 Å². The molecule has 0 unspecified atom stereocenters. The number of rotatable bonds is 6. The van der Waals surface area contributed by atoms with Gasteiger partial charge in [0.05, 0.1) is 12.0 Å². The molecule has 136 valence electrons. The van der Waals surface area contributed by atoms with Gasteiger partial charge in [-0.2, -0.15) is 0 Å². The second kappa shape index (κ2) is 8.14. The molecule has 3 rings (SSSR count). The van der Waals surface area contributed by atoms with Gasteiger partial charge in [-0.1, -0.05) is 42.5 Å². The maximum absolute atomic E-state index is 12.3. The van der Waals surface area contributed by atoms with Crippen molar-refractivity contribution in [1.82, 2.24) is 0 Å². The number of esters is 1. The van der Waals surface area contributed by atoms with E-state index in [-0.39, 0.29) is 11.5 Å². The largest absolute Gasteiger partial charge is 0.457 e. The van der Waals surface area contributed by atoms with E-state index in [0.29, 0.717) is 16.8 Å². The minimum atomic E-state index is -0.742. The number of para-hydroxylation sites is 1. The minimum absolute atomic E-state index is 0.0261. The van der Waals surface area contributed by atoms with Crippen LogP contribution in [0.5, 0.6) is 0 Å². The smallest absolute Gasteiger partial charge is 0.375 e. The van der Waals surface area contributed by atoms with Gasteiger partial charge in [0.25, 0.3) is 5.91 Å². The van der Waals surface area contributed by atoms with E-state index >= 15 is 0 Å². The van der Waals surface area contributed by atoms with E-state index in [0.717, 1.165) is 5.56 Å². The first-order valence-corrected chi connectivity index (χ1v) is 8.26. The van der Waals surface area contributed by atoms with Crippen molar-refractivity contribution in [2.45, 2.75) is 6.92 Å². The van der Waals surface area contributed by atoms with Gasteiger partial charge in [-0.05, 0) is 30.7 Å². The molecule has 6 heteroatoms. The van der Waals surface area contributed by atoms with Crippen LogP contribution in [-0.4, -0.2) is 24.3 Å². The maximum Gasteiger partial charge on any atom is 0.375 e. The Morgan fingerprint density at radius 2 is 1.67 bits per heavy atom. The predicted molar refractivity (Wildman–Crippen MR) is 99.5 cm³/mol. The fourth-order valence-electron chi connectivity index (χ4n) is 2.59. The van der Waals surface area contributed by atoms with Gasteiger partial charge >= 0.3 is 5.97 Å². The molecule has 6 nitrogen and oxygen atoms in total. The molecule has 2 aromatic carbocycles. The van der Waals surface area contributed by atoms with Gasteiger partial charge in [0.15, 0.2) is 12.4 Å². The highest BCUT2D eigenvalue weighted by molar-refractivity contribution is 6.04. The quantitative estimate of drug-likeness (QED) is 0.529. The van der Waals surface area contributed by atoms with Crippen LogP contribution in [0.4, 0.5) is 5.69 Å². The van der Waals surface area contributed by atoms with E-state index in [2.05, 4.69) is 5.32 Å². The topological polar surface area (TPSA) is 85.6 Å². The van der Waals surface area contributed by atoms with Gasteiger partial charge in [-0.15, -0.1) is 0 Å². The van der Waals surface area contributed by atoms with Crippen LogP contribution >= 0.6 is 0 Å². The third-order valence-electron chi connectivity index (χ3n) is 3.85. The van der Waals surface area contributed by atoms with Gasteiger partial charge in [0, 0.05) is 11.1 Å². The van der Waals surface area contributed by atoms with Crippen LogP contribution in [0, 0.1) is 0 Å². The summed E-state index contributed by atoms with van der Waals surface area (Å²) < 4.78 is 10.3. The number of anilines is 1. The molecule has 27 heavy (non-hydrogen) atoms. The van der Waals surface area contributed by atoms with Gasteiger partial charge in [-0.3, -0.25) is 9.59 Å². The Morgan fingerprint density at radius 1 is 0.963 bits per heavy atom. The zero-order valence-electron chi connectivity index (χ0n) is 14.6. The Labute approximate surface area is 155 Å². The summed E-state index contributed by atoms with van der Waals surface area (Å²) in [5, 5.41) is 2.57. The van der Waals surface area contributed by atoms with Crippen LogP contribution < -0.4 is 5.32 Å². The number of hydrogen-bond acceptors (Lipinski definition) is 5. The van der Waals surface area contributed by atoms with Crippen molar-refractivity contribution in [3.05, 3.63) is 78.3 Å². The summed E-state index contributed by atoms with van der Waals surface area (Å²) >= 11 is 0. The molecule has 1 heterocycles. The normalized spacial score (nSPS) is 10.3. The van der Waals surface area contributed by atoms with Gasteiger partial charge in [0.1, 0.15) is 0 Å². The van der Waals surface area contributed by atoms with Crippen LogP contribution in [0.25, 0.3) is 11.1 Å². The second-order valence-electron chi connectivity index (χ2n) is 5.76. The number of furan rings is 1. The number of carbonyl (C=O) groups excluding carboxylic acids is 3. The highest BCUT2D eigenvalue weighted by Crippen LogP contribution is 2.25. The number of amides is 1. The lowest BCUT2D eigenvalue weighted by Crippen LogP contribution is -2.22. The molecule has 0 aliphatic carbocycles. The molecule has 0 bridgehead atoms. The van der Waals surface area contributed by atoms with Gasteiger partial charge in [-0.25, -0.2) is 4.79 Å². The summed E-state index contributed by atoms with van der Waals surface area (Å²) in [4.78, 5) is 36.0. The van der Waals surface area contributed by atoms with Crippen molar-refractivity contribution in [3.63, 3.8) is 0 Å². The summed E-state index contributed by atoms with van der Waals surface area (Å²) in [5.41, 5.74) is 2.14. The van der Waals surface area contributed by atoms with Crippen LogP contribution in [0.1, 0.15) is 27.8 Å². The molecule has 1 aromatic heterocycles. The van der Waals surface area contributed by atoms with Crippen molar-refractivity contribution in [2.24, 2.45) is 0 Å². The van der Waals surface area contributed by atoms with Crippen molar-refractivity contribution in [3.8, 4) is 11.1 Å². The number of carbonyl (C=O) groups is 3. The number of nitrogens with one attached hydrogen (secondary N) is 1. The zero-order chi connectivity index (χ0) is 19.2. The molecule has 0 fully saturated rings. The lowest BCUT2D eigenvalue weighted by Gasteiger charge is -2.09. The number of Topliss-reactive ketones (excluding diaryl/α,β-unsaturated/α-hetero) is 1. The molecule has 0 aliphatic rings. The summed E-state index contributed by atoms with van der Waals surface area (Å²) in [6.45, 7) is 0.910. The standard InChI is InChI=1S/C21H17NO5/c1-14(23)16-9-5-6-10-18(16)22-19(24)13-27-21(25)20-17(11-12-26-20)15-7-3-2-4-8-15/h2-12H,13H2,1H3,(H,22,24). The van der Waals surface area contributed by atoms with E-state index < -0.39 is 18.5 Å². The Morgan fingerprint density at radius 3 is 2.41 bits per heavy atom. The minimum Gasteiger partial charge on any atom is -0.457 e. The summed E-state index contributed by atoms with van der Waals surface area (Å²) in [5.74, 6) is -1.44. The monoisotopic (exact) mass is 363 g/mol. The van der Waals surface area contributed by atoms with Crippen LogP contribution in [-0.2, 0) is 9.53 Å². The molecule has 0 atom stereocenters. The van der Waals surface area contributed by atoms with Crippen molar-refractivity contribution in [2.75, 3.05) is 11.9 Å². The summed E-state index contributed by atoms with van der Waals surface area (Å²) in [6.07, 6.45) is 1.39. The third kappa shape index (κ3) is 4.30. The van der Waals surface area contributed by atoms with E-state index in [1.807, 2.05) is 30.3 Å². The predicted octanol–water partition coefficient (Wildman–Crippen LogP) is 3.94. The molecule has 0 radical (unpaired) electrons. The molecule has 0 saturated carbocycles. The first-order valence-electron chi connectivity index (χ1n) is 8.26. The highest BCUT2D eigenvalue weighted by atomic mass is 16.5. The van der Waals surface area contributed by atoms with Crippen LogP contribution in [0.3, 0.4) is 0 Å². The first kappa shape index (κ1) is 18.1. The van der Waals surface area contributed by atoms with Gasteiger partial charge < -0.3 is 14.5 Å². The lowest BCUT2D eigenvalue weighted by molar-refractivity contribution is -0.119. The summed E-state index contributed by atoms with van der Waals surface area (Å²) in [6, 6.07) is 17.5. The SMILES string of the molecule is CC(=O)c1ccccc1NC(=O)COC(=O)c1occc1-c1ccccc1. The molecule has 3 aromatic rings. The van der Waals surface area contributed by atoms with Crippen LogP contribution in [0.2, 0.25) is 0 Å². The fraction of sp³-hybridized carbons (Fsp3) is 0.0952. The first-order chi connectivity index (χ1) is 13.1. The average molecular weight is 363 g/mol. The van der Waals surface area contributed by atoms with E-state index in [4.69, 9.17) is 9.15 Å². The maximum atomic E-state index is 12.3. The van der Waals surface area contributed by atoms with Crippen LogP contribution in [0.15, 0.2) is 71.3 Å². The van der Waals surface area contributed by atoms with Crippen molar-refractivity contribution >= 4 is 23.3 Å². The Balaban J connectivity index is 1.65. The third-order valence-corrected chi connectivity index (χ3v) is 3.85. The molecule has 1 N–H and O–H groups in total. The van der Waals surface area contributed by atoms with Gasteiger partial charge in [0.2, 0.25) is 5.76 Å². The second-order valence-corrected chi connectivity index (χ2v) is 5.76. The Bertz CT molecular complexity index is 975. The lowest BCUT2D eigenvalue weighted by atomic mass is 10.1.